The van der Waals surface area contributed by atoms with Gasteiger partial charge in [0.25, 0.3) is 0 Å². The van der Waals surface area contributed by atoms with E-state index in [0.29, 0.717) is 11.6 Å². The minimum Gasteiger partial charge on any atom is -0.495 e. The Balaban J connectivity index is 2.10. The van der Waals surface area contributed by atoms with Gasteiger partial charge in [0.1, 0.15) is 12.0 Å². The number of ether oxygens (including phenoxy) is 1. The summed E-state index contributed by atoms with van der Waals surface area (Å²) in [7, 11) is 1.62. The van der Waals surface area contributed by atoms with Crippen molar-refractivity contribution in [2.24, 2.45) is 0 Å². The van der Waals surface area contributed by atoms with Crippen molar-refractivity contribution in [2.45, 2.75) is 0 Å². The normalized spacial score (nSPS) is 11.2. The predicted molar refractivity (Wildman–Crippen MR) is 76.7 cm³/mol. The summed E-state index contributed by atoms with van der Waals surface area (Å²) >= 11 is 0. The average Bonchev–Trinajstić information content (AvgIpc) is 3.12. The van der Waals surface area contributed by atoms with Crippen LogP contribution in [-0.4, -0.2) is 17.1 Å². The summed E-state index contributed by atoms with van der Waals surface area (Å²) in [6, 6.07) is 13.4. The van der Waals surface area contributed by atoms with E-state index in [9.17, 15) is 0 Å². The molecule has 4 nitrogen and oxygen atoms in total. The van der Waals surface area contributed by atoms with E-state index in [4.69, 9.17) is 9.15 Å². The number of aromatic amines is 1. The lowest BCUT2D eigenvalue weighted by Gasteiger charge is -2.05. The fraction of sp³-hybridized carbons (Fsp3) is 0.0625. The highest BCUT2D eigenvalue weighted by Gasteiger charge is 2.14. The molecule has 0 saturated heterocycles. The fourth-order valence-corrected chi connectivity index (χ4v) is 2.48. The Kier molecular flexibility index (Phi) is 2.29. The van der Waals surface area contributed by atoms with Crippen LogP contribution in [0.1, 0.15) is 0 Å². The molecule has 0 unspecified atom stereocenters. The molecular weight excluding hydrogens is 252 g/mol. The Morgan fingerprint density at radius 2 is 2.15 bits per heavy atom. The molecule has 0 spiro atoms. The van der Waals surface area contributed by atoms with Gasteiger partial charge in [0, 0.05) is 16.3 Å². The maximum Gasteiger partial charge on any atom is 0.229 e. The van der Waals surface area contributed by atoms with Crippen LogP contribution in [0.25, 0.3) is 33.3 Å². The molecule has 0 fully saturated rings. The first-order valence-corrected chi connectivity index (χ1v) is 6.27. The third-order valence-electron chi connectivity index (χ3n) is 3.38. The molecule has 97 valence electrons. The Morgan fingerprint density at radius 1 is 1.25 bits per heavy atom. The van der Waals surface area contributed by atoms with Crippen molar-refractivity contribution in [1.82, 2.24) is 9.97 Å². The van der Waals surface area contributed by atoms with Crippen molar-refractivity contribution in [3.05, 3.63) is 48.9 Å². The molecule has 0 aliphatic carbocycles. The smallest absolute Gasteiger partial charge is 0.229 e. The van der Waals surface area contributed by atoms with E-state index in [1.54, 1.807) is 19.6 Å². The lowest BCUT2D eigenvalue weighted by molar-refractivity contribution is 0.414. The van der Waals surface area contributed by atoms with Crippen LogP contribution in [0.15, 0.2) is 47.2 Å². The van der Waals surface area contributed by atoms with Crippen LogP contribution in [0.3, 0.4) is 0 Å². The summed E-state index contributed by atoms with van der Waals surface area (Å²) in [5.41, 5.74) is 2.79. The van der Waals surface area contributed by atoms with Crippen LogP contribution < -0.4 is 4.74 Å². The zero-order valence-electron chi connectivity index (χ0n) is 10.8. The molecule has 2 aromatic heterocycles. The van der Waals surface area contributed by atoms with E-state index >= 15 is 0 Å². The molecule has 0 saturated carbocycles. The molecule has 4 heteroatoms. The van der Waals surface area contributed by atoms with Crippen LogP contribution in [0.4, 0.5) is 0 Å². The van der Waals surface area contributed by atoms with E-state index in [2.05, 4.69) is 22.1 Å². The molecule has 0 amide bonds. The second-order valence-corrected chi connectivity index (χ2v) is 4.51. The number of nitrogens with zero attached hydrogens (tertiary/aromatic N) is 1. The van der Waals surface area contributed by atoms with Crippen LogP contribution in [-0.2, 0) is 0 Å². The maximum atomic E-state index is 5.40. The van der Waals surface area contributed by atoms with Gasteiger partial charge in [0.15, 0.2) is 0 Å². The Morgan fingerprint density at radius 3 is 2.95 bits per heavy atom. The topological polar surface area (TPSA) is 51.0 Å². The first kappa shape index (κ1) is 11.1. The van der Waals surface area contributed by atoms with Gasteiger partial charge in [-0.3, -0.25) is 0 Å². The van der Waals surface area contributed by atoms with E-state index < -0.39 is 0 Å². The lowest BCUT2D eigenvalue weighted by atomic mass is 10.1. The van der Waals surface area contributed by atoms with Crippen molar-refractivity contribution in [1.29, 1.82) is 0 Å². The summed E-state index contributed by atoms with van der Waals surface area (Å²) in [5.74, 6) is 1.15. The zero-order chi connectivity index (χ0) is 13.5. The number of hydrogen-bond acceptors (Lipinski definition) is 3. The van der Waals surface area contributed by atoms with Gasteiger partial charge in [-0.1, -0.05) is 18.2 Å². The number of para-hydroxylation sites is 1. The number of benzene rings is 2. The second kappa shape index (κ2) is 4.13. The monoisotopic (exact) mass is 263 g/mol. The third-order valence-corrected chi connectivity index (χ3v) is 3.38. The van der Waals surface area contributed by atoms with Gasteiger partial charge in [-0.25, -0.2) is 4.98 Å². The largest absolute Gasteiger partial charge is 0.495 e. The first-order valence-electron chi connectivity index (χ1n) is 6.27. The number of nitrogens with one attached hydrogen (secondary N) is 1. The molecule has 2 aromatic carbocycles. The molecule has 4 aromatic rings. The number of oxazole rings is 1. The van der Waals surface area contributed by atoms with Gasteiger partial charge in [-0.2, -0.15) is 0 Å². The number of hydrogen-bond donors (Lipinski definition) is 1. The van der Waals surface area contributed by atoms with Crippen molar-refractivity contribution in [3.63, 3.8) is 0 Å². The van der Waals surface area contributed by atoms with Crippen LogP contribution >= 0.6 is 0 Å². The Bertz CT molecular complexity index is 892. The first-order chi connectivity index (χ1) is 9.86. The minimum atomic E-state index is 0.533. The molecule has 1 N–H and O–H groups in total. The summed E-state index contributed by atoms with van der Waals surface area (Å²) in [5, 5.41) is 2.23. The summed E-state index contributed by atoms with van der Waals surface area (Å²) in [6.45, 7) is 0. The molecule has 1 radical (unpaired) electrons. The summed E-state index contributed by atoms with van der Waals surface area (Å²) in [6.07, 6.45) is 3.17. The standard InChI is InChI=1S/C16H11N2O2/c1-19-15-9-14-11(8-12(15)16-17-6-7-20-16)10-4-2-3-5-13(10)18-14/h2-8,18H,1H3. The van der Waals surface area contributed by atoms with Crippen molar-refractivity contribution < 1.29 is 9.15 Å². The average molecular weight is 263 g/mol. The van der Waals surface area contributed by atoms with Gasteiger partial charge in [0.2, 0.25) is 5.89 Å². The molecule has 2 heterocycles. The van der Waals surface area contributed by atoms with E-state index in [0.717, 1.165) is 27.4 Å². The molecule has 0 aliphatic rings. The maximum absolute atomic E-state index is 5.40. The summed E-state index contributed by atoms with van der Waals surface area (Å²) in [4.78, 5) is 7.53. The molecule has 0 atom stereocenters. The molecule has 0 aliphatic heterocycles. The number of aromatic nitrogens is 2. The van der Waals surface area contributed by atoms with E-state index in [-0.39, 0.29) is 0 Å². The SMILES string of the molecule is COc1[c]c2[nH]c3ccccc3c2cc1-c1ncco1. The Hall–Kier alpha value is -2.75. The number of fused-ring (bicyclic) bond motifs is 3. The number of methoxy groups -OCH3 is 1. The second-order valence-electron chi connectivity index (χ2n) is 4.51. The molecule has 4 rings (SSSR count). The fourth-order valence-electron chi connectivity index (χ4n) is 2.48. The number of H-pyrrole nitrogens is 1. The summed E-state index contributed by atoms with van der Waals surface area (Å²) < 4.78 is 10.8. The van der Waals surface area contributed by atoms with Crippen LogP contribution in [0, 0.1) is 6.07 Å². The van der Waals surface area contributed by atoms with Crippen LogP contribution in [0.2, 0.25) is 0 Å². The van der Waals surface area contributed by atoms with Gasteiger partial charge in [-0.15, -0.1) is 0 Å². The predicted octanol–water partition coefficient (Wildman–Crippen LogP) is 3.78. The highest BCUT2D eigenvalue weighted by molar-refractivity contribution is 6.08. The zero-order valence-corrected chi connectivity index (χ0v) is 10.8. The van der Waals surface area contributed by atoms with Crippen molar-refractivity contribution in [2.75, 3.05) is 7.11 Å². The van der Waals surface area contributed by atoms with Crippen molar-refractivity contribution >= 4 is 21.8 Å². The Labute approximate surface area is 115 Å². The van der Waals surface area contributed by atoms with Crippen LogP contribution in [0.5, 0.6) is 5.75 Å². The molecule has 20 heavy (non-hydrogen) atoms. The van der Waals surface area contributed by atoms with E-state index in [1.165, 1.54) is 0 Å². The number of rotatable bonds is 2. The minimum absolute atomic E-state index is 0.533. The highest BCUT2D eigenvalue weighted by Crippen LogP contribution is 2.35. The molecular formula is C16H11N2O2. The van der Waals surface area contributed by atoms with Gasteiger partial charge in [0.05, 0.1) is 30.5 Å². The highest BCUT2D eigenvalue weighted by atomic mass is 16.5. The quantitative estimate of drug-likeness (QED) is 0.598. The van der Waals surface area contributed by atoms with E-state index in [1.807, 2.05) is 24.3 Å². The third kappa shape index (κ3) is 1.51. The van der Waals surface area contributed by atoms with Crippen molar-refractivity contribution in [3.8, 4) is 17.2 Å². The molecule has 0 bridgehead atoms. The van der Waals surface area contributed by atoms with Gasteiger partial charge < -0.3 is 14.1 Å². The van der Waals surface area contributed by atoms with Gasteiger partial charge >= 0.3 is 0 Å². The van der Waals surface area contributed by atoms with Gasteiger partial charge in [-0.05, 0) is 12.1 Å². The lowest BCUT2D eigenvalue weighted by Crippen LogP contribution is -1.88.